The molecule has 1 atom stereocenters. The summed E-state index contributed by atoms with van der Waals surface area (Å²) in [5, 5.41) is 0. The molecule has 0 aliphatic heterocycles. The predicted molar refractivity (Wildman–Crippen MR) is 303 cm³/mol. The summed E-state index contributed by atoms with van der Waals surface area (Å²) in [7, 11) is 0. The second-order valence-corrected chi connectivity index (χ2v) is 21.3. The second kappa shape index (κ2) is 59.5. The lowest BCUT2D eigenvalue weighted by atomic mass is 10.0. The van der Waals surface area contributed by atoms with Crippen molar-refractivity contribution in [2.45, 2.75) is 354 Å². The quantitative estimate of drug-likeness (QED) is 0.0261. The molecular weight excluding hydrogens is 865 g/mol. The van der Waals surface area contributed by atoms with Gasteiger partial charge in [0.1, 0.15) is 13.2 Å². The van der Waals surface area contributed by atoms with Crippen molar-refractivity contribution in [3.63, 3.8) is 0 Å². The summed E-state index contributed by atoms with van der Waals surface area (Å²) in [5.74, 6) is -0.854. The fourth-order valence-electron chi connectivity index (χ4n) is 9.48. The number of unbranched alkanes of at least 4 members (excludes halogenated alkanes) is 43. The zero-order chi connectivity index (χ0) is 50.7. The van der Waals surface area contributed by atoms with E-state index in [0.717, 1.165) is 64.2 Å². The number of esters is 3. The molecule has 6 nitrogen and oxygen atoms in total. The highest BCUT2D eigenvalue weighted by atomic mass is 16.6. The molecule has 0 aromatic carbocycles. The van der Waals surface area contributed by atoms with Gasteiger partial charge >= 0.3 is 17.9 Å². The first-order valence-electron chi connectivity index (χ1n) is 31.3. The molecule has 0 rings (SSSR count). The van der Waals surface area contributed by atoms with Crippen molar-refractivity contribution >= 4 is 17.9 Å². The molecule has 0 heterocycles. The lowest BCUT2D eigenvalue weighted by Crippen LogP contribution is -2.30. The van der Waals surface area contributed by atoms with E-state index in [1.54, 1.807) is 0 Å². The third-order valence-corrected chi connectivity index (χ3v) is 14.2. The Morgan fingerprint density at radius 2 is 0.514 bits per heavy atom. The number of allylic oxidation sites excluding steroid dienone is 4. The summed E-state index contributed by atoms with van der Waals surface area (Å²) in [4.78, 5) is 37.8. The van der Waals surface area contributed by atoms with Crippen LogP contribution in [0, 0.1) is 0 Å². The number of carbonyl (C=O) groups excluding carboxylic acids is 3. The smallest absolute Gasteiger partial charge is 0.306 e. The largest absolute Gasteiger partial charge is 0.462 e. The van der Waals surface area contributed by atoms with Gasteiger partial charge in [0, 0.05) is 19.3 Å². The van der Waals surface area contributed by atoms with Gasteiger partial charge in [-0.1, -0.05) is 302 Å². The van der Waals surface area contributed by atoms with Gasteiger partial charge in [0.15, 0.2) is 6.10 Å². The Hall–Kier alpha value is -2.11. The number of ether oxygens (including phenoxy) is 3. The molecule has 1 unspecified atom stereocenters. The lowest BCUT2D eigenvalue weighted by Gasteiger charge is -2.18. The van der Waals surface area contributed by atoms with Crippen LogP contribution in [0.5, 0.6) is 0 Å². The topological polar surface area (TPSA) is 78.9 Å². The maximum Gasteiger partial charge on any atom is 0.306 e. The molecule has 0 aliphatic carbocycles. The number of rotatable bonds is 58. The van der Waals surface area contributed by atoms with Crippen LogP contribution in [-0.4, -0.2) is 37.2 Å². The predicted octanol–water partition coefficient (Wildman–Crippen LogP) is 21.1. The van der Waals surface area contributed by atoms with Crippen LogP contribution in [0.1, 0.15) is 348 Å². The van der Waals surface area contributed by atoms with E-state index in [-0.39, 0.29) is 31.1 Å². The van der Waals surface area contributed by atoms with Crippen molar-refractivity contribution in [1.29, 1.82) is 0 Å². The van der Waals surface area contributed by atoms with Gasteiger partial charge in [0.2, 0.25) is 0 Å². The van der Waals surface area contributed by atoms with Gasteiger partial charge in [-0.2, -0.15) is 0 Å². The minimum Gasteiger partial charge on any atom is -0.462 e. The minimum atomic E-state index is -0.761. The third kappa shape index (κ3) is 56.8. The SMILES string of the molecule is CCCCCCC/C=C\C/C=C\CCCCCCCCCCCCCCCCCCCCCCCC(=O)OCC(COC(=O)CCCCCCCC)OC(=O)CCCCCCCCCCCCCCC. The maximum atomic E-state index is 12.8. The van der Waals surface area contributed by atoms with Gasteiger partial charge in [-0.25, -0.2) is 0 Å². The molecule has 6 heteroatoms. The Kier molecular flexibility index (Phi) is 57.7. The minimum absolute atomic E-state index is 0.0648. The van der Waals surface area contributed by atoms with Gasteiger partial charge in [-0.15, -0.1) is 0 Å². The Morgan fingerprint density at radius 1 is 0.286 bits per heavy atom. The van der Waals surface area contributed by atoms with E-state index in [0.29, 0.717) is 19.3 Å². The van der Waals surface area contributed by atoms with Gasteiger partial charge in [0.05, 0.1) is 0 Å². The average molecular weight is 986 g/mol. The fourth-order valence-corrected chi connectivity index (χ4v) is 9.48. The van der Waals surface area contributed by atoms with Crippen molar-refractivity contribution in [1.82, 2.24) is 0 Å². The molecular formula is C64H120O6. The van der Waals surface area contributed by atoms with E-state index in [4.69, 9.17) is 14.2 Å². The van der Waals surface area contributed by atoms with E-state index in [1.807, 2.05) is 0 Å². The van der Waals surface area contributed by atoms with Crippen LogP contribution in [-0.2, 0) is 28.6 Å². The normalized spacial score (nSPS) is 12.1. The fraction of sp³-hybridized carbons (Fsp3) is 0.891. The number of carbonyl (C=O) groups is 3. The van der Waals surface area contributed by atoms with E-state index in [1.165, 1.54) is 244 Å². The van der Waals surface area contributed by atoms with E-state index in [9.17, 15) is 14.4 Å². The summed E-state index contributed by atoms with van der Waals surface area (Å²) in [6, 6.07) is 0. The van der Waals surface area contributed by atoms with Crippen molar-refractivity contribution in [2.24, 2.45) is 0 Å². The van der Waals surface area contributed by atoms with Gasteiger partial charge in [-0.05, 0) is 51.4 Å². The lowest BCUT2D eigenvalue weighted by molar-refractivity contribution is -0.167. The molecule has 0 bridgehead atoms. The van der Waals surface area contributed by atoms with E-state index >= 15 is 0 Å². The van der Waals surface area contributed by atoms with Crippen molar-refractivity contribution in [3.05, 3.63) is 24.3 Å². The van der Waals surface area contributed by atoms with Crippen molar-refractivity contribution < 1.29 is 28.6 Å². The molecule has 0 N–H and O–H groups in total. The van der Waals surface area contributed by atoms with Crippen molar-refractivity contribution in [2.75, 3.05) is 13.2 Å². The molecule has 70 heavy (non-hydrogen) atoms. The standard InChI is InChI=1S/C64H120O6/c1-4-7-10-13-16-18-20-22-23-24-25-26-27-28-29-30-31-32-33-34-35-36-37-38-39-40-41-43-44-46-48-51-54-57-63(66)69-60-61(59-68-62(65)56-53-50-15-12-9-6-3)70-64(67)58-55-52-49-47-45-42-21-19-17-14-11-8-5-2/h20,22,24-25,61H,4-19,21,23,26-60H2,1-3H3/b22-20-,25-24-. The summed E-state index contributed by atoms with van der Waals surface area (Å²) >= 11 is 0. The molecule has 0 spiro atoms. The maximum absolute atomic E-state index is 12.8. The van der Waals surface area contributed by atoms with Crippen LogP contribution in [0.25, 0.3) is 0 Å². The van der Waals surface area contributed by atoms with Gasteiger partial charge in [0.25, 0.3) is 0 Å². The zero-order valence-electron chi connectivity index (χ0n) is 47.3. The Balaban J connectivity index is 3.88. The second-order valence-electron chi connectivity index (χ2n) is 21.3. The highest BCUT2D eigenvalue weighted by molar-refractivity contribution is 5.71. The molecule has 0 fully saturated rings. The van der Waals surface area contributed by atoms with Crippen LogP contribution in [0.4, 0.5) is 0 Å². The first kappa shape index (κ1) is 67.9. The van der Waals surface area contributed by atoms with Crippen LogP contribution < -0.4 is 0 Å². The van der Waals surface area contributed by atoms with Gasteiger partial charge < -0.3 is 14.2 Å². The molecule has 0 saturated heterocycles. The zero-order valence-corrected chi connectivity index (χ0v) is 47.3. The summed E-state index contributed by atoms with van der Waals surface area (Å²) in [6.07, 6.45) is 71.0. The highest BCUT2D eigenvalue weighted by Crippen LogP contribution is 2.18. The molecule has 0 amide bonds. The van der Waals surface area contributed by atoms with E-state index in [2.05, 4.69) is 45.1 Å². The molecule has 0 radical (unpaired) electrons. The first-order chi connectivity index (χ1) is 34.5. The van der Waals surface area contributed by atoms with E-state index < -0.39 is 6.10 Å². The van der Waals surface area contributed by atoms with Crippen LogP contribution in [0.3, 0.4) is 0 Å². The molecule has 0 saturated carbocycles. The highest BCUT2D eigenvalue weighted by Gasteiger charge is 2.19. The summed E-state index contributed by atoms with van der Waals surface area (Å²) in [6.45, 7) is 6.61. The molecule has 0 aromatic rings. The average Bonchev–Trinajstić information content (AvgIpc) is 3.36. The number of hydrogen-bond acceptors (Lipinski definition) is 6. The monoisotopic (exact) mass is 985 g/mol. The Morgan fingerprint density at radius 3 is 0.786 bits per heavy atom. The Labute approximate surface area is 436 Å². The Bertz CT molecular complexity index is 1130. The third-order valence-electron chi connectivity index (χ3n) is 14.2. The van der Waals surface area contributed by atoms with Crippen LogP contribution in [0.15, 0.2) is 24.3 Å². The first-order valence-corrected chi connectivity index (χ1v) is 31.3. The molecule has 0 aliphatic rings. The number of hydrogen-bond donors (Lipinski definition) is 0. The van der Waals surface area contributed by atoms with Crippen LogP contribution in [0.2, 0.25) is 0 Å². The molecule has 412 valence electrons. The van der Waals surface area contributed by atoms with Crippen molar-refractivity contribution in [3.8, 4) is 0 Å². The summed E-state index contributed by atoms with van der Waals surface area (Å²) < 4.78 is 16.8. The van der Waals surface area contributed by atoms with Gasteiger partial charge in [-0.3, -0.25) is 14.4 Å². The molecule has 0 aromatic heterocycles. The van der Waals surface area contributed by atoms with Crippen LogP contribution >= 0.6 is 0 Å². The summed E-state index contributed by atoms with van der Waals surface area (Å²) in [5.41, 5.74) is 0.